The van der Waals surface area contributed by atoms with Crippen molar-refractivity contribution in [1.82, 2.24) is 29.3 Å². The predicted octanol–water partition coefficient (Wildman–Crippen LogP) is 1.86. The van der Waals surface area contributed by atoms with E-state index < -0.39 is 0 Å². The Morgan fingerprint density at radius 2 is 2.04 bits per heavy atom. The van der Waals surface area contributed by atoms with Gasteiger partial charge in [0.2, 0.25) is 4.96 Å². The first-order chi connectivity index (χ1) is 11.4. The maximum atomic E-state index is 12.2. The molecule has 0 aliphatic heterocycles. The van der Waals surface area contributed by atoms with Crippen LogP contribution in [0.15, 0.2) is 15.2 Å². The van der Waals surface area contributed by atoms with E-state index >= 15 is 0 Å². The first-order valence-corrected chi connectivity index (χ1v) is 9.54. The van der Waals surface area contributed by atoms with Crippen molar-refractivity contribution in [3.05, 3.63) is 39.1 Å². The van der Waals surface area contributed by atoms with E-state index in [9.17, 15) is 4.79 Å². The Morgan fingerprint density at radius 3 is 2.67 bits per heavy atom. The fourth-order valence-electron chi connectivity index (χ4n) is 2.65. The van der Waals surface area contributed by atoms with Gasteiger partial charge in [0.05, 0.1) is 11.4 Å². The van der Waals surface area contributed by atoms with Gasteiger partial charge in [-0.3, -0.25) is 14.4 Å². The van der Waals surface area contributed by atoms with Crippen LogP contribution >= 0.6 is 23.1 Å². The minimum atomic E-state index is -0.131. The van der Waals surface area contributed by atoms with Gasteiger partial charge in [-0.15, -0.1) is 5.10 Å². The Bertz CT molecular complexity index is 941. The van der Waals surface area contributed by atoms with Crippen molar-refractivity contribution in [3.8, 4) is 0 Å². The zero-order chi connectivity index (χ0) is 17.4. The number of hydrogen-bond donors (Lipinski definition) is 0. The number of thioether (sulfide) groups is 1. The molecule has 0 amide bonds. The fraction of sp³-hybridized carbons (Fsp3) is 0.467. The van der Waals surface area contributed by atoms with Gasteiger partial charge in [-0.05, 0) is 27.2 Å². The second-order valence-electron chi connectivity index (χ2n) is 5.80. The molecule has 0 saturated heterocycles. The third-order valence-electron chi connectivity index (χ3n) is 3.97. The highest BCUT2D eigenvalue weighted by molar-refractivity contribution is 8.00. The van der Waals surface area contributed by atoms with Crippen LogP contribution in [0.25, 0.3) is 4.96 Å². The molecule has 0 unspecified atom stereocenters. The second-order valence-corrected chi connectivity index (χ2v) is 7.81. The van der Waals surface area contributed by atoms with Crippen molar-refractivity contribution in [2.75, 3.05) is 13.3 Å². The molecular formula is C15H20N6OS2. The quantitative estimate of drug-likeness (QED) is 0.644. The molecule has 128 valence electrons. The summed E-state index contributed by atoms with van der Waals surface area (Å²) < 4.78 is 4.11. The van der Waals surface area contributed by atoms with Gasteiger partial charge < -0.3 is 0 Å². The van der Waals surface area contributed by atoms with Gasteiger partial charge in [0.15, 0.2) is 4.34 Å². The van der Waals surface area contributed by atoms with Crippen LogP contribution in [0.5, 0.6) is 0 Å². The monoisotopic (exact) mass is 364 g/mol. The number of aromatic nitrogens is 5. The maximum absolute atomic E-state index is 12.2. The van der Waals surface area contributed by atoms with Gasteiger partial charge >= 0.3 is 0 Å². The normalized spacial score (nSPS) is 11.8. The standard InChI is InChI=1S/C15H20N6OS2/c1-9-12(10(2)20(4)17-9)8-19(3)7-11-6-13(22)21-14(16-11)24-15(18-21)23-5/h6H,7-8H2,1-5H3. The largest absolute Gasteiger partial charge is 0.296 e. The van der Waals surface area contributed by atoms with Crippen LogP contribution in [0.3, 0.4) is 0 Å². The van der Waals surface area contributed by atoms with Crippen LogP contribution in [0.2, 0.25) is 0 Å². The number of hydrogen-bond acceptors (Lipinski definition) is 7. The molecule has 3 heterocycles. The third kappa shape index (κ3) is 3.24. The molecule has 0 aliphatic carbocycles. The molecule has 0 aliphatic rings. The molecule has 3 rings (SSSR count). The summed E-state index contributed by atoms with van der Waals surface area (Å²) in [5, 5.41) is 8.69. The molecule has 24 heavy (non-hydrogen) atoms. The molecule has 0 spiro atoms. The van der Waals surface area contributed by atoms with Crippen LogP contribution in [0.4, 0.5) is 0 Å². The lowest BCUT2D eigenvalue weighted by molar-refractivity contribution is 0.313. The lowest BCUT2D eigenvalue weighted by Gasteiger charge is -2.16. The smallest absolute Gasteiger partial charge is 0.275 e. The van der Waals surface area contributed by atoms with E-state index in [4.69, 9.17) is 0 Å². The minimum absolute atomic E-state index is 0.131. The highest BCUT2D eigenvalue weighted by atomic mass is 32.2. The van der Waals surface area contributed by atoms with E-state index in [1.165, 1.54) is 33.2 Å². The Balaban J connectivity index is 1.82. The minimum Gasteiger partial charge on any atom is -0.296 e. The molecular weight excluding hydrogens is 344 g/mol. The molecule has 3 aromatic rings. The highest BCUT2D eigenvalue weighted by Gasteiger charge is 2.14. The number of aryl methyl sites for hydroxylation is 2. The zero-order valence-corrected chi connectivity index (χ0v) is 16.0. The van der Waals surface area contributed by atoms with Gasteiger partial charge in [-0.25, -0.2) is 4.98 Å². The van der Waals surface area contributed by atoms with Crippen molar-refractivity contribution in [2.24, 2.45) is 7.05 Å². The van der Waals surface area contributed by atoms with E-state index in [1.54, 1.807) is 6.07 Å². The van der Waals surface area contributed by atoms with Gasteiger partial charge in [0.25, 0.3) is 5.56 Å². The number of nitrogens with zero attached hydrogens (tertiary/aromatic N) is 6. The van der Waals surface area contributed by atoms with Crippen LogP contribution in [-0.4, -0.2) is 42.6 Å². The average molecular weight is 365 g/mol. The van der Waals surface area contributed by atoms with E-state index in [0.29, 0.717) is 11.5 Å². The van der Waals surface area contributed by atoms with Gasteiger partial charge in [-0.2, -0.15) is 9.61 Å². The number of rotatable bonds is 5. The summed E-state index contributed by atoms with van der Waals surface area (Å²) in [4.78, 5) is 19.6. The topological polar surface area (TPSA) is 68.3 Å². The van der Waals surface area contributed by atoms with Crippen LogP contribution in [0, 0.1) is 13.8 Å². The molecule has 0 aromatic carbocycles. The van der Waals surface area contributed by atoms with Crippen LogP contribution in [-0.2, 0) is 20.1 Å². The molecule has 0 radical (unpaired) electrons. The SMILES string of the molecule is CSc1nn2c(=O)cc(CN(C)Cc3c(C)nn(C)c3C)nc2s1. The first-order valence-electron chi connectivity index (χ1n) is 7.50. The predicted molar refractivity (Wildman–Crippen MR) is 96.8 cm³/mol. The Kier molecular flexibility index (Phi) is 4.75. The lowest BCUT2D eigenvalue weighted by atomic mass is 10.2. The molecule has 0 bridgehead atoms. The summed E-state index contributed by atoms with van der Waals surface area (Å²) in [6.07, 6.45) is 1.94. The van der Waals surface area contributed by atoms with E-state index in [2.05, 4.69) is 27.0 Å². The summed E-state index contributed by atoms with van der Waals surface area (Å²) in [7, 11) is 3.98. The first kappa shape index (κ1) is 17.1. The van der Waals surface area contributed by atoms with Crippen LogP contribution in [0.1, 0.15) is 22.6 Å². The molecule has 0 atom stereocenters. The Morgan fingerprint density at radius 1 is 1.29 bits per heavy atom. The molecule has 7 nitrogen and oxygen atoms in total. The Hall–Kier alpha value is -1.71. The highest BCUT2D eigenvalue weighted by Crippen LogP contribution is 2.21. The summed E-state index contributed by atoms with van der Waals surface area (Å²) in [5.41, 5.74) is 4.05. The van der Waals surface area contributed by atoms with Gasteiger partial charge in [0, 0.05) is 37.5 Å². The van der Waals surface area contributed by atoms with E-state index in [1.807, 2.05) is 32.0 Å². The fourth-order valence-corrected chi connectivity index (χ4v) is 4.03. The lowest BCUT2D eigenvalue weighted by Crippen LogP contribution is -2.22. The van der Waals surface area contributed by atoms with Crippen LogP contribution < -0.4 is 5.56 Å². The number of fused-ring (bicyclic) bond motifs is 1. The third-order valence-corrected chi connectivity index (χ3v) is 5.86. The maximum Gasteiger partial charge on any atom is 0.275 e. The van der Waals surface area contributed by atoms with Crippen molar-refractivity contribution in [3.63, 3.8) is 0 Å². The van der Waals surface area contributed by atoms with Crippen molar-refractivity contribution < 1.29 is 0 Å². The summed E-state index contributed by atoms with van der Waals surface area (Å²) >= 11 is 2.96. The summed E-state index contributed by atoms with van der Waals surface area (Å²) in [6, 6.07) is 1.57. The van der Waals surface area contributed by atoms with Gasteiger partial charge in [0.1, 0.15) is 0 Å². The molecule has 0 N–H and O–H groups in total. The van der Waals surface area contributed by atoms with E-state index in [0.717, 1.165) is 28.0 Å². The van der Waals surface area contributed by atoms with Crippen molar-refractivity contribution in [2.45, 2.75) is 31.3 Å². The van der Waals surface area contributed by atoms with Gasteiger partial charge in [-0.1, -0.05) is 23.1 Å². The Labute approximate surface area is 148 Å². The molecule has 0 fully saturated rings. The van der Waals surface area contributed by atoms with E-state index in [-0.39, 0.29) is 5.56 Å². The van der Waals surface area contributed by atoms with Crippen molar-refractivity contribution >= 4 is 28.1 Å². The molecule has 9 heteroatoms. The zero-order valence-electron chi connectivity index (χ0n) is 14.4. The second kappa shape index (κ2) is 6.66. The summed E-state index contributed by atoms with van der Waals surface area (Å²) in [5.74, 6) is 0. The molecule has 0 saturated carbocycles. The van der Waals surface area contributed by atoms with Crippen molar-refractivity contribution in [1.29, 1.82) is 0 Å². The molecule has 3 aromatic heterocycles. The average Bonchev–Trinajstić information content (AvgIpc) is 3.04. The summed E-state index contributed by atoms with van der Waals surface area (Å²) in [6.45, 7) is 5.46.